The van der Waals surface area contributed by atoms with E-state index in [4.69, 9.17) is 9.15 Å². The lowest BCUT2D eigenvalue weighted by Gasteiger charge is -2.11. The van der Waals surface area contributed by atoms with Crippen LogP contribution < -0.4 is 10.2 Å². The summed E-state index contributed by atoms with van der Waals surface area (Å²) >= 11 is 0. The van der Waals surface area contributed by atoms with Gasteiger partial charge < -0.3 is 13.7 Å². The number of nitrogens with zero attached hydrogens (tertiary/aromatic N) is 2. The van der Waals surface area contributed by atoms with Crippen LogP contribution in [-0.4, -0.2) is 23.3 Å². The first-order valence-electron chi connectivity index (χ1n) is 10.6. The summed E-state index contributed by atoms with van der Waals surface area (Å²) in [6.07, 6.45) is 1.66. The minimum absolute atomic E-state index is 0.200. The fraction of sp³-hybridized carbons (Fsp3) is 0.231. The van der Waals surface area contributed by atoms with Gasteiger partial charge >= 0.3 is 5.91 Å². The average molecular weight is 430 g/mol. The highest BCUT2D eigenvalue weighted by atomic mass is 16.5. The third kappa shape index (κ3) is 4.30. The van der Waals surface area contributed by atoms with Gasteiger partial charge in [0.15, 0.2) is 5.76 Å². The van der Waals surface area contributed by atoms with E-state index in [1.165, 1.54) is 11.1 Å². The smallest absolute Gasteiger partial charge is 0.307 e. The monoisotopic (exact) mass is 429 g/mol. The Kier molecular flexibility index (Phi) is 5.86. The second-order valence-electron chi connectivity index (χ2n) is 7.95. The second-order valence-corrected chi connectivity index (χ2v) is 7.95. The maximum Gasteiger partial charge on any atom is 0.307 e. The number of ether oxygens (including phenoxy) is 1. The van der Waals surface area contributed by atoms with Crippen LogP contribution in [0.5, 0.6) is 5.75 Å². The third-order valence-corrected chi connectivity index (χ3v) is 5.33. The number of benzene rings is 2. The van der Waals surface area contributed by atoms with E-state index >= 15 is 0 Å². The Morgan fingerprint density at radius 1 is 1.06 bits per heavy atom. The molecule has 4 aromatic rings. The highest BCUT2D eigenvalue weighted by Gasteiger charge is 2.13. The molecule has 0 saturated heterocycles. The van der Waals surface area contributed by atoms with Crippen LogP contribution in [-0.2, 0) is 0 Å². The zero-order chi connectivity index (χ0) is 22.8. The van der Waals surface area contributed by atoms with E-state index < -0.39 is 5.91 Å². The number of rotatable bonds is 6. The van der Waals surface area contributed by atoms with Gasteiger partial charge in [0.05, 0.1) is 12.8 Å². The molecule has 32 heavy (non-hydrogen) atoms. The Hall–Kier alpha value is -3.80. The normalized spacial score (nSPS) is 11.4. The summed E-state index contributed by atoms with van der Waals surface area (Å²) in [6, 6.07) is 15.7. The van der Waals surface area contributed by atoms with Crippen molar-refractivity contribution in [1.82, 2.24) is 9.99 Å². The van der Waals surface area contributed by atoms with Crippen LogP contribution in [0, 0.1) is 27.7 Å². The Bertz CT molecular complexity index is 1310. The van der Waals surface area contributed by atoms with Crippen molar-refractivity contribution in [3.63, 3.8) is 0 Å². The van der Waals surface area contributed by atoms with E-state index in [1.54, 1.807) is 18.3 Å². The lowest BCUT2D eigenvalue weighted by atomic mass is 10.1. The Morgan fingerprint density at radius 3 is 2.53 bits per heavy atom. The van der Waals surface area contributed by atoms with Gasteiger partial charge in [-0.3, -0.25) is 4.79 Å². The van der Waals surface area contributed by atoms with E-state index in [0.717, 1.165) is 33.8 Å². The molecule has 1 N–H and O–H groups in total. The van der Waals surface area contributed by atoms with Crippen LogP contribution >= 0.6 is 0 Å². The van der Waals surface area contributed by atoms with Crippen molar-refractivity contribution < 1.29 is 13.9 Å². The van der Waals surface area contributed by atoms with Gasteiger partial charge in [-0.1, -0.05) is 6.07 Å². The molecule has 0 fully saturated rings. The molecule has 0 bridgehead atoms. The summed E-state index contributed by atoms with van der Waals surface area (Å²) in [7, 11) is 0. The van der Waals surface area contributed by atoms with Crippen LogP contribution in [0.15, 0.2) is 58.0 Å². The van der Waals surface area contributed by atoms with Gasteiger partial charge in [0.1, 0.15) is 11.3 Å². The molecule has 4 rings (SSSR count). The fourth-order valence-electron chi connectivity index (χ4n) is 4.00. The number of hydrogen-bond acceptors (Lipinski definition) is 4. The van der Waals surface area contributed by atoms with Crippen molar-refractivity contribution in [3.05, 3.63) is 82.4 Å². The molecule has 1 amide bonds. The number of carbonyl (C=O) groups excluding carboxylic acids is 1. The number of nitrogens with one attached hydrogen (secondary N) is 1. The van der Waals surface area contributed by atoms with Crippen molar-refractivity contribution in [1.29, 1.82) is 0 Å². The van der Waals surface area contributed by atoms with Crippen molar-refractivity contribution in [2.45, 2.75) is 34.6 Å². The summed E-state index contributed by atoms with van der Waals surface area (Å²) in [6.45, 7) is 10.8. The molecule has 0 aliphatic carbocycles. The first-order chi connectivity index (χ1) is 15.4. The zero-order valence-corrected chi connectivity index (χ0v) is 19.0. The van der Waals surface area contributed by atoms with E-state index in [0.29, 0.717) is 12.2 Å². The molecular formula is C26H27N3O3. The quantitative estimate of drug-likeness (QED) is 0.319. The second kappa shape index (κ2) is 8.75. The predicted octanol–water partition coefficient (Wildman–Crippen LogP) is 5.62. The Morgan fingerprint density at radius 2 is 1.81 bits per heavy atom. The number of hydrogen-bond donors (Lipinski definition) is 1. The first kappa shape index (κ1) is 21.4. The summed E-state index contributed by atoms with van der Waals surface area (Å²) in [5, 5.41) is 4.96. The molecule has 0 unspecified atom stereocenters. The van der Waals surface area contributed by atoms with Crippen molar-refractivity contribution in [3.8, 4) is 11.4 Å². The molecule has 0 aliphatic heterocycles. The minimum atomic E-state index is -0.404. The van der Waals surface area contributed by atoms with Gasteiger partial charge in [-0.15, -0.1) is 0 Å². The van der Waals surface area contributed by atoms with Crippen LogP contribution in [0.4, 0.5) is 0 Å². The van der Waals surface area contributed by atoms with E-state index in [-0.39, 0.29) is 5.76 Å². The summed E-state index contributed by atoms with van der Waals surface area (Å²) in [5.74, 6) is 0.537. The number of furan rings is 1. The van der Waals surface area contributed by atoms with Crippen LogP contribution in [0.3, 0.4) is 0 Å². The minimum Gasteiger partial charge on any atom is -0.494 e. The van der Waals surface area contributed by atoms with Gasteiger partial charge in [0, 0.05) is 28.0 Å². The maximum absolute atomic E-state index is 12.5. The summed E-state index contributed by atoms with van der Waals surface area (Å²) < 4.78 is 13.3. The number of aryl methyl sites for hydroxylation is 3. The van der Waals surface area contributed by atoms with E-state index in [1.807, 2.05) is 26.0 Å². The van der Waals surface area contributed by atoms with Crippen molar-refractivity contribution in [2.75, 3.05) is 6.61 Å². The van der Waals surface area contributed by atoms with Gasteiger partial charge in [0.25, 0.3) is 0 Å². The van der Waals surface area contributed by atoms with Crippen molar-refractivity contribution >= 4 is 23.1 Å². The van der Waals surface area contributed by atoms with Crippen molar-refractivity contribution in [2.24, 2.45) is 5.10 Å². The molecule has 2 aromatic heterocycles. The molecule has 0 aliphatic rings. The van der Waals surface area contributed by atoms with Gasteiger partial charge in [-0.2, -0.15) is 5.10 Å². The fourth-order valence-corrected chi connectivity index (χ4v) is 4.00. The highest BCUT2D eigenvalue weighted by molar-refractivity contribution is 5.96. The molecule has 0 atom stereocenters. The zero-order valence-electron chi connectivity index (χ0n) is 19.0. The Balaban J connectivity index is 1.52. The predicted molar refractivity (Wildman–Crippen MR) is 127 cm³/mol. The topological polar surface area (TPSA) is 68.8 Å². The number of fused-ring (bicyclic) bond motifs is 1. The number of carbonyl (C=O) groups is 1. The summed E-state index contributed by atoms with van der Waals surface area (Å²) in [5.41, 5.74) is 9.83. The van der Waals surface area contributed by atoms with Crippen LogP contribution in [0.25, 0.3) is 16.7 Å². The molecule has 6 nitrogen and oxygen atoms in total. The standard InChI is InChI=1S/C26H27N3O3/c1-6-31-23-7-8-24-20(13-23)14-25(32-24)26(30)28-27-15-21-12-18(4)29(19(21)5)22-10-16(2)9-17(3)11-22/h7-15H,6H2,1-5H3,(H,28,30)/b27-15+. The SMILES string of the molecule is CCOc1ccc2oc(C(=O)N/N=C/c3cc(C)n(-c4cc(C)cc(C)c4)c3C)cc2c1. The first-order valence-corrected chi connectivity index (χ1v) is 10.6. The third-order valence-electron chi connectivity index (χ3n) is 5.33. The summed E-state index contributed by atoms with van der Waals surface area (Å²) in [4.78, 5) is 12.5. The highest BCUT2D eigenvalue weighted by Crippen LogP contribution is 2.25. The Labute approximate surface area is 187 Å². The number of amides is 1. The molecule has 0 radical (unpaired) electrons. The molecule has 6 heteroatoms. The average Bonchev–Trinajstić information content (AvgIpc) is 3.27. The van der Waals surface area contributed by atoms with Crippen LogP contribution in [0.1, 0.15) is 45.6 Å². The largest absolute Gasteiger partial charge is 0.494 e. The number of aromatic nitrogens is 1. The van der Waals surface area contributed by atoms with Gasteiger partial charge in [-0.25, -0.2) is 5.43 Å². The molecule has 2 aromatic carbocycles. The maximum atomic E-state index is 12.5. The lowest BCUT2D eigenvalue weighted by molar-refractivity contribution is 0.0929. The van der Waals surface area contributed by atoms with E-state index in [2.05, 4.69) is 60.1 Å². The van der Waals surface area contributed by atoms with Gasteiger partial charge in [-0.05, 0) is 88.2 Å². The van der Waals surface area contributed by atoms with E-state index in [9.17, 15) is 4.79 Å². The lowest BCUT2D eigenvalue weighted by Crippen LogP contribution is -2.16. The molecule has 0 spiro atoms. The van der Waals surface area contributed by atoms with Gasteiger partial charge in [0.2, 0.25) is 0 Å². The van der Waals surface area contributed by atoms with Crippen LogP contribution in [0.2, 0.25) is 0 Å². The molecule has 2 heterocycles. The molecular weight excluding hydrogens is 402 g/mol. The number of hydrazone groups is 1. The molecule has 0 saturated carbocycles. The molecule has 164 valence electrons.